The fourth-order valence-electron chi connectivity index (χ4n) is 3.42. The van der Waals surface area contributed by atoms with Gasteiger partial charge in [-0.15, -0.1) is 0 Å². The van der Waals surface area contributed by atoms with Crippen molar-refractivity contribution in [3.63, 3.8) is 0 Å². The standard InChI is InChI=1S/C23H24N2O/c1-18-8-5-6-12-22(18)23(26)25(20-13-14-20)17-21-11-7-15-24(21)16-19-9-3-2-4-10-19/h2-12,15,20H,13-14,16-17H2,1H3. The average Bonchev–Trinajstić information content (AvgIpc) is 3.41. The number of benzene rings is 2. The lowest BCUT2D eigenvalue weighted by atomic mass is 10.1. The molecule has 0 saturated heterocycles. The maximum Gasteiger partial charge on any atom is 0.254 e. The van der Waals surface area contributed by atoms with E-state index in [9.17, 15) is 4.79 Å². The van der Waals surface area contributed by atoms with Crippen LogP contribution in [0.15, 0.2) is 72.9 Å². The Morgan fingerprint density at radius 3 is 2.46 bits per heavy atom. The molecule has 132 valence electrons. The molecule has 1 amide bonds. The van der Waals surface area contributed by atoms with Crippen LogP contribution in [0, 0.1) is 6.92 Å². The maximum atomic E-state index is 13.2. The number of carbonyl (C=O) groups is 1. The molecular weight excluding hydrogens is 320 g/mol. The molecule has 0 spiro atoms. The molecular formula is C23H24N2O. The first-order chi connectivity index (χ1) is 12.7. The van der Waals surface area contributed by atoms with E-state index in [1.807, 2.05) is 37.3 Å². The SMILES string of the molecule is Cc1ccccc1C(=O)N(Cc1cccn1Cc1ccccc1)C1CC1. The van der Waals surface area contributed by atoms with Crippen LogP contribution >= 0.6 is 0 Å². The predicted molar refractivity (Wildman–Crippen MR) is 104 cm³/mol. The van der Waals surface area contributed by atoms with E-state index in [-0.39, 0.29) is 5.91 Å². The van der Waals surface area contributed by atoms with Crippen molar-refractivity contribution in [2.75, 3.05) is 0 Å². The number of amides is 1. The van der Waals surface area contributed by atoms with Crippen molar-refractivity contribution in [3.8, 4) is 0 Å². The summed E-state index contributed by atoms with van der Waals surface area (Å²) >= 11 is 0. The van der Waals surface area contributed by atoms with E-state index in [1.165, 1.54) is 11.3 Å². The number of rotatable bonds is 6. The lowest BCUT2D eigenvalue weighted by Gasteiger charge is -2.24. The van der Waals surface area contributed by atoms with Crippen LogP contribution in [0.3, 0.4) is 0 Å². The highest BCUT2D eigenvalue weighted by atomic mass is 16.2. The smallest absolute Gasteiger partial charge is 0.254 e. The number of carbonyl (C=O) groups excluding carboxylic acids is 1. The number of nitrogens with zero attached hydrogens (tertiary/aromatic N) is 2. The van der Waals surface area contributed by atoms with Crippen LogP contribution in [0.2, 0.25) is 0 Å². The van der Waals surface area contributed by atoms with E-state index < -0.39 is 0 Å². The van der Waals surface area contributed by atoms with Gasteiger partial charge in [-0.1, -0.05) is 48.5 Å². The molecule has 0 N–H and O–H groups in total. The van der Waals surface area contributed by atoms with Gasteiger partial charge in [-0.25, -0.2) is 0 Å². The van der Waals surface area contributed by atoms with Crippen molar-refractivity contribution in [3.05, 3.63) is 95.3 Å². The lowest BCUT2D eigenvalue weighted by Crippen LogP contribution is -2.33. The normalized spacial score (nSPS) is 13.6. The second kappa shape index (κ2) is 7.20. The monoisotopic (exact) mass is 344 g/mol. The molecule has 0 atom stereocenters. The van der Waals surface area contributed by atoms with E-state index in [2.05, 4.69) is 52.1 Å². The Morgan fingerprint density at radius 1 is 1.00 bits per heavy atom. The van der Waals surface area contributed by atoms with Crippen molar-refractivity contribution in [1.82, 2.24) is 9.47 Å². The Kier molecular flexibility index (Phi) is 4.61. The van der Waals surface area contributed by atoms with Crippen LogP contribution in [0.4, 0.5) is 0 Å². The molecule has 26 heavy (non-hydrogen) atoms. The molecule has 1 aliphatic carbocycles. The average molecular weight is 344 g/mol. The molecule has 2 aromatic carbocycles. The summed E-state index contributed by atoms with van der Waals surface area (Å²) in [5.74, 6) is 0.151. The van der Waals surface area contributed by atoms with Gasteiger partial charge in [0.2, 0.25) is 0 Å². The van der Waals surface area contributed by atoms with Crippen molar-refractivity contribution < 1.29 is 4.79 Å². The summed E-state index contributed by atoms with van der Waals surface area (Å²) in [5, 5.41) is 0. The Balaban J connectivity index is 1.56. The van der Waals surface area contributed by atoms with Gasteiger partial charge in [0, 0.05) is 30.0 Å². The Labute approximate surface area is 154 Å². The molecule has 1 aromatic heterocycles. The van der Waals surface area contributed by atoms with E-state index in [4.69, 9.17) is 0 Å². The summed E-state index contributed by atoms with van der Waals surface area (Å²) in [6.07, 6.45) is 4.32. The van der Waals surface area contributed by atoms with E-state index >= 15 is 0 Å². The summed E-state index contributed by atoms with van der Waals surface area (Å²) in [5.41, 5.74) is 4.32. The van der Waals surface area contributed by atoms with Crippen LogP contribution in [0.5, 0.6) is 0 Å². The van der Waals surface area contributed by atoms with Gasteiger partial charge in [-0.05, 0) is 49.1 Å². The molecule has 3 nitrogen and oxygen atoms in total. The molecule has 4 rings (SSSR count). The van der Waals surface area contributed by atoms with Gasteiger partial charge in [0.25, 0.3) is 5.91 Å². The van der Waals surface area contributed by atoms with Gasteiger partial charge >= 0.3 is 0 Å². The van der Waals surface area contributed by atoms with Crippen LogP contribution in [0.25, 0.3) is 0 Å². The first-order valence-corrected chi connectivity index (χ1v) is 9.27. The molecule has 0 unspecified atom stereocenters. The van der Waals surface area contributed by atoms with Crippen LogP contribution in [0.1, 0.15) is 40.0 Å². The molecule has 0 aliphatic heterocycles. The minimum Gasteiger partial charge on any atom is -0.345 e. The fraction of sp³-hybridized carbons (Fsp3) is 0.261. The van der Waals surface area contributed by atoms with E-state index in [1.54, 1.807) is 0 Å². The van der Waals surface area contributed by atoms with Crippen molar-refractivity contribution >= 4 is 5.91 Å². The molecule has 0 radical (unpaired) electrons. The third kappa shape index (κ3) is 3.57. The van der Waals surface area contributed by atoms with Gasteiger partial charge in [0.1, 0.15) is 0 Å². The van der Waals surface area contributed by atoms with Crippen molar-refractivity contribution in [2.45, 2.75) is 38.9 Å². The minimum absolute atomic E-state index is 0.151. The number of aromatic nitrogens is 1. The van der Waals surface area contributed by atoms with Gasteiger partial charge in [0.05, 0.1) is 6.54 Å². The maximum absolute atomic E-state index is 13.2. The second-order valence-corrected chi connectivity index (χ2v) is 7.09. The first kappa shape index (κ1) is 16.6. The van der Waals surface area contributed by atoms with E-state index in [0.29, 0.717) is 12.6 Å². The molecule has 3 heteroatoms. The molecule has 1 saturated carbocycles. The summed E-state index contributed by atoms with van der Waals surface area (Å²) in [7, 11) is 0. The summed E-state index contributed by atoms with van der Waals surface area (Å²) in [6.45, 7) is 3.51. The lowest BCUT2D eigenvalue weighted by molar-refractivity contribution is 0.0725. The zero-order valence-corrected chi connectivity index (χ0v) is 15.1. The van der Waals surface area contributed by atoms with Crippen LogP contribution < -0.4 is 0 Å². The van der Waals surface area contributed by atoms with Gasteiger partial charge in [-0.3, -0.25) is 4.79 Å². The highest BCUT2D eigenvalue weighted by molar-refractivity contribution is 5.96. The van der Waals surface area contributed by atoms with Gasteiger partial charge in [-0.2, -0.15) is 0 Å². The van der Waals surface area contributed by atoms with E-state index in [0.717, 1.165) is 30.5 Å². The van der Waals surface area contributed by atoms with Crippen molar-refractivity contribution in [1.29, 1.82) is 0 Å². The third-order valence-electron chi connectivity index (χ3n) is 5.08. The third-order valence-corrected chi connectivity index (χ3v) is 5.08. The molecule has 1 heterocycles. The topological polar surface area (TPSA) is 25.2 Å². The molecule has 0 bridgehead atoms. The molecule has 1 aliphatic rings. The largest absolute Gasteiger partial charge is 0.345 e. The second-order valence-electron chi connectivity index (χ2n) is 7.09. The first-order valence-electron chi connectivity index (χ1n) is 9.27. The van der Waals surface area contributed by atoms with Crippen LogP contribution in [-0.4, -0.2) is 21.4 Å². The number of hydrogen-bond acceptors (Lipinski definition) is 1. The fourth-order valence-corrected chi connectivity index (χ4v) is 3.42. The Hall–Kier alpha value is -2.81. The highest BCUT2D eigenvalue weighted by Gasteiger charge is 2.33. The van der Waals surface area contributed by atoms with Crippen LogP contribution in [-0.2, 0) is 13.1 Å². The highest BCUT2D eigenvalue weighted by Crippen LogP contribution is 2.30. The zero-order valence-electron chi connectivity index (χ0n) is 15.1. The summed E-state index contributed by atoms with van der Waals surface area (Å²) in [4.78, 5) is 15.2. The Morgan fingerprint density at radius 2 is 1.73 bits per heavy atom. The van der Waals surface area contributed by atoms with Gasteiger partial charge in [0.15, 0.2) is 0 Å². The van der Waals surface area contributed by atoms with Gasteiger partial charge < -0.3 is 9.47 Å². The van der Waals surface area contributed by atoms with Crippen molar-refractivity contribution in [2.24, 2.45) is 0 Å². The quantitative estimate of drug-likeness (QED) is 0.639. The minimum atomic E-state index is 0.151. The predicted octanol–water partition coefficient (Wildman–Crippen LogP) is 4.65. The number of aryl methyl sites for hydroxylation is 1. The summed E-state index contributed by atoms with van der Waals surface area (Å²) in [6, 6.07) is 22.9. The molecule has 3 aromatic rings. The number of hydrogen-bond donors (Lipinski definition) is 0. The summed E-state index contributed by atoms with van der Waals surface area (Å²) < 4.78 is 2.25. The zero-order chi connectivity index (χ0) is 17.9. The molecule has 1 fully saturated rings. The Bertz CT molecular complexity index is 893.